The maximum absolute atomic E-state index is 11.9. The molecule has 0 aliphatic carbocycles. The quantitative estimate of drug-likeness (QED) is 0.568. The Morgan fingerprint density at radius 2 is 1.81 bits per heavy atom. The topological polar surface area (TPSA) is 113 Å². The van der Waals surface area contributed by atoms with E-state index in [1.807, 2.05) is 0 Å². The molecule has 8 nitrogen and oxygen atoms in total. The van der Waals surface area contributed by atoms with Gasteiger partial charge in [-0.3, -0.25) is 9.59 Å². The lowest BCUT2D eigenvalue weighted by Crippen LogP contribution is -2.46. The van der Waals surface area contributed by atoms with Crippen molar-refractivity contribution in [3.05, 3.63) is 0 Å². The maximum atomic E-state index is 11.9. The van der Waals surface area contributed by atoms with Crippen LogP contribution in [0.15, 0.2) is 0 Å². The monoisotopic (exact) mass is 324 g/mol. The minimum absolute atomic E-state index is 0.0320. The third-order valence-corrected chi connectivity index (χ3v) is 3.78. The van der Waals surface area contributed by atoms with E-state index in [1.54, 1.807) is 27.7 Å². The van der Waals surface area contributed by atoms with Crippen LogP contribution in [0.1, 0.15) is 27.7 Å². The van der Waals surface area contributed by atoms with Gasteiger partial charge in [0.1, 0.15) is 6.54 Å². The summed E-state index contributed by atoms with van der Waals surface area (Å²) in [6.45, 7) is 6.00. The van der Waals surface area contributed by atoms with Crippen LogP contribution in [-0.2, 0) is 24.3 Å². The van der Waals surface area contributed by atoms with Gasteiger partial charge in [0.05, 0.1) is 25.0 Å². The van der Waals surface area contributed by atoms with E-state index in [0.717, 1.165) is 4.90 Å². The van der Waals surface area contributed by atoms with Crippen LogP contribution in [0, 0.1) is 0 Å². The van der Waals surface area contributed by atoms with Crippen LogP contribution >= 0.6 is 0 Å². The average Bonchev–Trinajstić information content (AvgIpc) is 2.32. The Morgan fingerprint density at radius 3 is 2.24 bits per heavy atom. The number of carboxylic acid groups (broad SMARTS) is 1. The molecular weight excluding hydrogens is 300 g/mol. The molecule has 0 aliphatic rings. The molecule has 0 heterocycles. The maximum Gasteiger partial charge on any atom is 0.323 e. The molecule has 0 saturated heterocycles. The lowest BCUT2D eigenvalue weighted by molar-refractivity contribution is -0.145. The number of carbonyl (C=O) groups is 2. The molecule has 0 aromatic carbocycles. The number of nitrogens with one attached hydrogen (secondary N) is 1. The number of rotatable bonds is 10. The van der Waals surface area contributed by atoms with Crippen molar-refractivity contribution in [2.24, 2.45) is 0 Å². The fourth-order valence-electron chi connectivity index (χ4n) is 1.44. The van der Waals surface area contributed by atoms with Gasteiger partial charge in [-0.05, 0) is 27.7 Å². The second kappa shape index (κ2) is 8.96. The molecule has 2 N–H and O–H groups in total. The summed E-state index contributed by atoms with van der Waals surface area (Å²) in [7, 11) is -3.63. The predicted molar refractivity (Wildman–Crippen MR) is 77.4 cm³/mol. The van der Waals surface area contributed by atoms with E-state index in [4.69, 9.17) is 9.84 Å². The van der Waals surface area contributed by atoms with Crippen molar-refractivity contribution < 1.29 is 27.9 Å². The lowest BCUT2D eigenvalue weighted by atomic mass is 10.3. The lowest BCUT2D eigenvalue weighted by Gasteiger charge is -2.24. The number of ether oxygens (including phenoxy) is 1. The molecule has 0 spiro atoms. The highest BCUT2D eigenvalue weighted by atomic mass is 32.2. The molecule has 0 atom stereocenters. The molecule has 0 bridgehead atoms. The van der Waals surface area contributed by atoms with Gasteiger partial charge < -0.3 is 14.7 Å². The first-order valence-corrected chi connectivity index (χ1v) is 8.30. The zero-order chi connectivity index (χ0) is 16.6. The van der Waals surface area contributed by atoms with E-state index < -0.39 is 35.0 Å². The predicted octanol–water partition coefficient (Wildman–Crippen LogP) is -0.348. The second-order valence-corrected chi connectivity index (χ2v) is 7.00. The van der Waals surface area contributed by atoms with Gasteiger partial charge >= 0.3 is 5.97 Å². The van der Waals surface area contributed by atoms with Crippen LogP contribution < -0.4 is 4.72 Å². The minimum Gasteiger partial charge on any atom is -0.480 e. The first-order valence-electron chi connectivity index (χ1n) is 6.65. The van der Waals surface area contributed by atoms with Crippen molar-refractivity contribution in [1.29, 1.82) is 0 Å². The van der Waals surface area contributed by atoms with Crippen LogP contribution in [0.4, 0.5) is 0 Å². The number of nitrogens with zero attached hydrogens (tertiary/aromatic N) is 1. The fourth-order valence-corrected chi connectivity index (χ4v) is 2.25. The number of hydrogen-bond acceptors (Lipinski definition) is 5. The number of carboxylic acids is 1. The SMILES string of the molecule is CC(C)OCCS(=O)(=O)NCC(=O)N(CC(=O)O)C(C)C. The summed E-state index contributed by atoms with van der Waals surface area (Å²) in [5.41, 5.74) is 0. The van der Waals surface area contributed by atoms with Crippen LogP contribution in [0.3, 0.4) is 0 Å². The summed E-state index contributed by atoms with van der Waals surface area (Å²) < 4.78 is 30.6. The van der Waals surface area contributed by atoms with Gasteiger partial charge in [-0.2, -0.15) is 0 Å². The number of amides is 1. The Morgan fingerprint density at radius 1 is 1.24 bits per heavy atom. The summed E-state index contributed by atoms with van der Waals surface area (Å²) in [5, 5.41) is 8.73. The van der Waals surface area contributed by atoms with Gasteiger partial charge in [-0.15, -0.1) is 0 Å². The molecule has 21 heavy (non-hydrogen) atoms. The van der Waals surface area contributed by atoms with Gasteiger partial charge in [0.25, 0.3) is 0 Å². The molecule has 0 aromatic rings. The van der Waals surface area contributed by atoms with Gasteiger partial charge in [-0.25, -0.2) is 13.1 Å². The third-order valence-electron chi connectivity index (χ3n) is 2.50. The highest BCUT2D eigenvalue weighted by Gasteiger charge is 2.21. The third kappa shape index (κ3) is 9.38. The first kappa shape index (κ1) is 19.8. The van der Waals surface area contributed by atoms with Crippen LogP contribution in [0.25, 0.3) is 0 Å². The fraction of sp³-hybridized carbons (Fsp3) is 0.833. The smallest absolute Gasteiger partial charge is 0.323 e. The van der Waals surface area contributed by atoms with Crippen molar-refractivity contribution in [2.75, 3.05) is 25.4 Å². The normalized spacial score (nSPS) is 11.9. The minimum atomic E-state index is -3.63. The van der Waals surface area contributed by atoms with Crippen LogP contribution in [-0.4, -0.2) is 67.9 Å². The summed E-state index contributed by atoms with van der Waals surface area (Å²) >= 11 is 0. The van der Waals surface area contributed by atoms with E-state index in [0.29, 0.717) is 0 Å². The van der Waals surface area contributed by atoms with E-state index in [-0.39, 0.29) is 24.5 Å². The molecule has 0 saturated carbocycles. The van der Waals surface area contributed by atoms with Gasteiger partial charge in [0.2, 0.25) is 15.9 Å². The van der Waals surface area contributed by atoms with Gasteiger partial charge in [-0.1, -0.05) is 0 Å². The number of sulfonamides is 1. The Kier molecular flexibility index (Phi) is 8.45. The molecule has 9 heteroatoms. The number of aliphatic carboxylic acids is 1. The van der Waals surface area contributed by atoms with E-state index in [2.05, 4.69) is 4.72 Å². The molecule has 0 fully saturated rings. The molecule has 1 amide bonds. The average molecular weight is 324 g/mol. The largest absolute Gasteiger partial charge is 0.480 e. The molecule has 0 aliphatic heterocycles. The van der Waals surface area contributed by atoms with Crippen LogP contribution in [0.5, 0.6) is 0 Å². The summed E-state index contributed by atoms with van der Waals surface area (Å²) in [4.78, 5) is 23.6. The first-order chi connectivity index (χ1) is 9.55. The number of carbonyl (C=O) groups excluding carboxylic acids is 1. The Bertz CT molecular complexity index is 447. The number of hydrogen-bond donors (Lipinski definition) is 2. The van der Waals surface area contributed by atoms with Crippen LogP contribution in [0.2, 0.25) is 0 Å². The van der Waals surface area contributed by atoms with Crippen molar-refractivity contribution in [2.45, 2.75) is 39.8 Å². The van der Waals surface area contributed by atoms with Crippen molar-refractivity contribution >= 4 is 21.9 Å². The second-order valence-electron chi connectivity index (χ2n) is 5.07. The highest BCUT2D eigenvalue weighted by Crippen LogP contribution is 1.99. The molecule has 124 valence electrons. The molecule has 0 unspecified atom stereocenters. The van der Waals surface area contributed by atoms with Crippen molar-refractivity contribution in [1.82, 2.24) is 9.62 Å². The molecular formula is C12H24N2O6S. The summed E-state index contributed by atoms with van der Waals surface area (Å²) in [5.74, 6) is -1.98. The molecule has 0 rings (SSSR count). The zero-order valence-electron chi connectivity index (χ0n) is 12.8. The Labute approximate surface area is 125 Å². The standard InChI is InChI=1S/C12H24N2O6S/c1-9(2)14(8-12(16)17)11(15)7-13-21(18,19)6-5-20-10(3)4/h9-10,13H,5-8H2,1-4H3,(H,16,17). The van der Waals surface area contributed by atoms with Crippen molar-refractivity contribution in [3.63, 3.8) is 0 Å². The van der Waals surface area contributed by atoms with Gasteiger partial charge in [0, 0.05) is 6.04 Å². The Balaban J connectivity index is 4.40. The van der Waals surface area contributed by atoms with Gasteiger partial charge in [0.15, 0.2) is 0 Å². The molecule has 0 radical (unpaired) electrons. The summed E-state index contributed by atoms with van der Waals surface area (Å²) in [6, 6.07) is -0.331. The van der Waals surface area contributed by atoms with E-state index >= 15 is 0 Å². The zero-order valence-corrected chi connectivity index (χ0v) is 13.6. The summed E-state index contributed by atoms with van der Waals surface area (Å²) in [6.07, 6.45) is -0.0752. The Hall–Kier alpha value is -1.19. The highest BCUT2D eigenvalue weighted by molar-refractivity contribution is 7.89. The molecule has 0 aromatic heterocycles. The van der Waals surface area contributed by atoms with E-state index in [9.17, 15) is 18.0 Å². The van der Waals surface area contributed by atoms with E-state index in [1.165, 1.54) is 0 Å². The van der Waals surface area contributed by atoms with Crippen molar-refractivity contribution in [3.8, 4) is 0 Å².